The van der Waals surface area contributed by atoms with Gasteiger partial charge in [0.25, 0.3) is 0 Å². The van der Waals surface area contributed by atoms with Crippen molar-refractivity contribution in [3.8, 4) is 0 Å². The van der Waals surface area contributed by atoms with Crippen LogP contribution in [0.5, 0.6) is 0 Å². The van der Waals surface area contributed by atoms with Gasteiger partial charge >= 0.3 is 5.37 Å². The van der Waals surface area contributed by atoms with E-state index in [2.05, 4.69) is 13.8 Å². The van der Waals surface area contributed by atoms with Crippen LogP contribution in [0.1, 0.15) is 26.7 Å². The zero-order chi connectivity index (χ0) is 8.43. The molecule has 1 amide bonds. The molecule has 64 valence electrons. The summed E-state index contributed by atoms with van der Waals surface area (Å²) >= 11 is 5.41. The Bertz CT molecular complexity index is 158. The van der Waals surface area contributed by atoms with E-state index in [9.17, 15) is 4.79 Å². The Balaban J connectivity index is 2.58. The largest absolute Gasteiger partial charge is 0.326 e. The van der Waals surface area contributed by atoms with E-state index in [0.29, 0.717) is 12.0 Å². The molecule has 11 heavy (non-hydrogen) atoms. The Morgan fingerprint density at radius 1 is 1.64 bits per heavy atom. The van der Waals surface area contributed by atoms with Gasteiger partial charge in [-0.3, -0.25) is 4.79 Å². The predicted octanol–water partition coefficient (Wildman–Crippen LogP) is 2.47. The number of hydrogen-bond donors (Lipinski definition) is 0. The molecule has 0 aromatic heterocycles. The monoisotopic (exact) mass is 175 g/mol. The molecule has 2 nitrogen and oxygen atoms in total. The summed E-state index contributed by atoms with van der Waals surface area (Å²) in [5.74, 6) is 0.528. The average molecular weight is 176 g/mol. The van der Waals surface area contributed by atoms with Gasteiger partial charge in [0.15, 0.2) is 0 Å². The molecule has 3 heteroatoms. The Hall–Kier alpha value is -0.240. The lowest BCUT2D eigenvalue weighted by atomic mass is 10.0. The van der Waals surface area contributed by atoms with Crippen LogP contribution in [-0.4, -0.2) is 22.9 Å². The molecule has 1 fully saturated rings. The first-order valence-electron chi connectivity index (χ1n) is 4.09. The minimum atomic E-state index is -0.291. The summed E-state index contributed by atoms with van der Waals surface area (Å²) in [6, 6.07) is 0.375. The van der Waals surface area contributed by atoms with Crippen LogP contribution in [0.2, 0.25) is 0 Å². The molecule has 1 aliphatic heterocycles. The number of nitrogens with zero attached hydrogens (tertiary/aromatic N) is 1. The molecule has 1 unspecified atom stereocenters. The van der Waals surface area contributed by atoms with Crippen LogP contribution < -0.4 is 0 Å². The van der Waals surface area contributed by atoms with Crippen LogP contribution in [0.3, 0.4) is 0 Å². The molecule has 1 heterocycles. The van der Waals surface area contributed by atoms with Gasteiger partial charge in [-0.1, -0.05) is 13.8 Å². The van der Waals surface area contributed by atoms with E-state index in [0.717, 1.165) is 19.4 Å². The van der Waals surface area contributed by atoms with E-state index in [1.54, 1.807) is 4.90 Å². The van der Waals surface area contributed by atoms with Crippen LogP contribution >= 0.6 is 11.6 Å². The third-order valence-corrected chi connectivity index (χ3v) is 2.51. The van der Waals surface area contributed by atoms with Crippen molar-refractivity contribution in [2.45, 2.75) is 32.7 Å². The van der Waals surface area contributed by atoms with Gasteiger partial charge in [0.05, 0.1) is 0 Å². The average Bonchev–Trinajstić information content (AvgIpc) is 2.32. The second-order valence-corrected chi connectivity index (χ2v) is 3.72. The summed E-state index contributed by atoms with van der Waals surface area (Å²) in [6.45, 7) is 5.09. The minimum absolute atomic E-state index is 0.291. The van der Waals surface area contributed by atoms with Gasteiger partial charge < -0.3 is 4.90 Å². The molecular formula is C8H14ClNO. The molecule has 0 aromatic rings. The maximum absolute atomic E-state index is 10.9. The molecule has 0 saturated carbocycles. The summed E-state index contributed by atoms with van der Waals surface area (Å²) in [7, 11) is 0. The highest BCUT2D eigenvalue weighted by Gasteiger charge is 2.29. The standard InChI is InChI=1S/C8H14ClNO/c1-6(2)7-4-3-5-10(7)8(9)11/h6-7H,3-5H2,1-2H3. The molecule has 0 aliphatic carbocycles. The first-order valence-corrected chi connectivity index (χ1v) is 4.47. The first kappa shape index (κ1) is 8.85. The molecule has 1 saturated heterocycles. The summed E-state index contributed by atoms with van der Waals surface area (Å²) < 4.78 is 0. The Kier molecular flexibility index (Phi) is 2.77. The number of carbonyl (C=O) groups excluding carboxylic acids is 1. The van der Waals surface area contributed by atoms with Crippen molar-refractivity contribution < 1.29 is 4.79 Å². The van der Waals surface area contributed by atoms with Gasteiger partial charge in [-0.05, 0) is 30.4 Å². The van der Waals surface area contributed by atoms with Crippen LogP contribution in [-0.2, 0) is 0 Å². The van der Waals surface area contributed by atoms with E-state index in [4.69, 9.17) is 11.6 Å². The highest BCUT2D eigenvalue weighted by Crippen LogP contribution is 2.24. The lowest BCUT2D eigenvalue weighted by Gasteiger charge is -2.24. The summed E-state index contributed by atoms with van der Waals surface area (Å²) in [5.41, 5.74) is 0. The lowest BCUT2D eigenvalue weighted by Crippen LogP contribution is -2.35. The fraction of sp³-hybridized carbons (Fsp3) is 0.875. The number of amides is 1. The number of hydrogen-bond acceptors (Lipinski definition) is 1. The fourth-order valence-corrected chi connectivity index (χ4v) is 1.91. The zero-order valence-corrected chi connectivity index (χ0v) is 7.77. The van der Waals surface area contributed by atoms with Gasteiger partial charge in [-0.25, -0.2) is 0 Å². The lowest BCUT2D eigenvalue weighted by molar-refractivity contribution is 0.202. The molecule has 0 N–H and O–H groups in total. The molecule has 1 rings (SSSR count). The molecular weight excluding hydrogens is 162 g/mol. The molecule has 1 aliphatic rings. The smallest absolute Gasteiger partial charge is 0.316 e. The van der Waals surface area contributed by atoms with Crippen molar-refractivity contribution in [2.75, 3.05) is 6.54 Å². The fourth-order valence-electron chi connectivity index (χ4n) is 1.70. The quantitative estimate of drug-likeness (QED) is 0.443. The number of rotatable bonds is 1. The van der Waals surface area contributed by atoms with Gasteiger partial charge in [0.2, 0.25) is 0 Å². The third kappa shape index (κ3) is 1.86. The van der Waals surface area contributed by atoms with Crippen molar-refractivity contribution in [1.82, 2.24) is 4.90 Å². The molecule has 0 radical (unpaired) electrons. The molecule has 0 aromatic carbocycles. The van der Waals surface area contributed by atoms with Gasteiger partial charge in [0, 0.05) is 12.6 Å². The van der Waals surface area contributed by atoms with E-state index in [1.807, 2.05) is 0 Å². The Labute approximate surface area is 72.5 Å². The van der Waals surface area contributed by atoms with E-state index in [-0.39, 0.29) is 5.37 Å². The topological polar surface area (TPSA) is 20.3 Å². The molecule has 0 spiro atoms. The van der Waals surface area contributed by atoms with E-state index in [1.165, 1.54) is 0 Å². The first-order chi connectivity index (χ1) is 5.13. The number of halogens is 1. The Morgan fingerprint density at radius 2 is 2.27 bits per heavy atom. The highest BCUT2D eigenvalue weighted by atomic mass is 35.5. The number of likely N-dealkylation sites (tertiary alicyclic amines) is 1. The zero-order valence-electron chi connectivity index (χ0n) is 7.01. The van der Waals surface area contributed by atoms with Crippen molar-refractivity contribution in [1.29, 1.82) is 0 Å². The van der Waals surface area contributed by atoms with Crippen molar-refractivity contribution in [2.24, 2.45) is 5.92 Å². The summed E-state index contributed by atoms with van der Waals surface area (Å²) in [5, 5.41) is -0.291. The number of carbonyl (C=O) groups is 1. The summed E-state index contributed by atoms with van der Waals surface area (Å²) in [4.78, 5) is 12.6. The second-order valence-electron chi connectivity index (χ2n) is 3.40. The Morgan fingerprint density at radius 3 is 2.64 bits per heavy atom. The van der Waals surface area contributed by atoms with Crippen molar-refractivity contribution in [3.63, 3.8) is 0 Å². The van der Waals surface area contributed by atoms with Gasteiger partial charge in [0.1, 0.15) is 0 Å². The van der Waals surface area contributed by atoms with Crippen molar-refractivity contribution >= 4 is 17.0 Å². The maximum Gasteiger partial charge on any atom is 0.316 e. The predicted molar refractivity (Wildman–Crippen MR) is 45.8 cm³/mol. The highest BCUT2D eigenvalue weighted by molar-refractivity contribution is 6.62. The van der Waals surface area contributed by atoms with Gasteiger partial charge in [-0.2, -0.15) is 0 Å². The maximum atomic E-state index is 10.9. The van der Waals surface area contributed by atoms with E-state index < -0.39 is 0 Å². The van der Waals surface area contributed by atoms with Crippen LogP contribution in [0.15, 0.2) is 0 Å². The molecule has 0 bridgehead atoms. The van der Waals surface area contributed by atoms with Crippen LogP contribution in [0.25, 0.3) is 0 Å². The van der Waals surface area contributed by atoms with Gasteiger partial charge in [-0.15, -0.1) is 0 Å². The second kappa shape index (κ2) is 3.44. The van der Waals surface area contributed by atoms with E-state index >= 15 is 0 Å². The normalized spacial score (nSPS) is 24.7. The van der Waals surface area contributed by atoms with Crippen LogP contribution in [0.4, 0.5) is 4.79 Å². The van der Waals surface area contributed by atoms with Crippen LogP contribution in [0, 0.1) is 5.92 Å². The summed E-state index contributed by atoms with van der Waals surface area (Å²) in [6.07, 6.45) is 2.21. The van der Waals surface area contributed by atoms with Crippen molar-refractivity contribution in [3.05, 3.63) is 0 Å². The minimum Gasteiger partial charge on any atom is -0.326 e. The molecule has 1 atom stereocenters. The third-order valence-electron chi connectivity index (χ3n) is 2.29. The SMILES string of the molecule is CC(C)C1CCCN1C(=O)Cl.